The number of rotatable bonds is 8. The monoisotopic (exact) mass is 450 g/mol. The molecule has 33 heavy (non-hydrogen) atoms. The number of nitrogens with one attached hydrogen (secondary N) is 2. The Bertz CT molecular complexity index is 1290. The Hall–Kier alpha value is -3.27. The van der Waals surface area contributed by atoms with Gasteiger partial charge in [-0.25, -0.2) is 14.5 Å². The number of hydrogen-bond donors (Lipinski definition) is 2. The third-order valence-electron chi connectivity index (χ3n) is 6.10. The quantitative estimate of drug-likeness (QED) is 0.396. The lowest BCUT2D eigenvalue weighted by Gasteiger charge is -2.36. The van der Waals surface area contributed by atoms with Crippen molar-refractivity contribution in [3.05, 3.63) is 40.6 Å². The van der Waals surface area contributed by atoms with Gasteiger partial charge in [-0.3, -0.25) is 9.88 Å². The predicted molar refractivity (Wildman–Crippen MR) is 125 cm³/mol. The number of ether oxygens (including phenoxy) is 1. The number of pyridine rings is 1. The topological polar surface area (TPSA) is 118 Å². The Morgan fingerprint density at radius 1 is 1.21 bits per heavy atom. The van der Waals surface area contributed by atoms with E-state index in [0.717, 1.165) is 54.8 Å². The zero-order chi connectivity index (χ0) is 22.8. The minimum absolute atomic E-state index is 0.247. The molecule has 3 aromatic heterocycles. The van der Waals surface area contributed by atoms with E-state index in [1.54, 1.807) is 0 Å². The number of aryl methyl sites for hydroxylation is 1. The van der Waals surface area contributed by atoms with Crippen molar-refractivity contribution in [2.24, 2.45) is 5.92 Å². The SMILES string of the molecule is CC(C)CN1CCCCC1n1nnnc1CCCOc1ccc2nc3[nH]c(=O)[nH]c3cc2c1. The highest BCUT2D eigenvalue weighted by Crippen LogP contribution is 2.27. The van der Waals surface area contributed by atoms with Crippen LogP contribution >= 0.6 is 0 Å². The van der Waals surface area contributed by atoms with Gasteiger partial charge < -0.3 is 9.72 Å². The average Bonchev–Trinajstić information content (AvgIpc) is 3.40. The van der Waals surface area contributed by atoms with Gasteiger partial charge in [0.1, 0.15) is 11.9 Å². The summed E-state index contributed by atoms with van der Waals surface area (Å²) in [4.78, 5) is 23.9. The predicted octanol–water partition coefficient (Wildman–Crippen LogP) is 3.04. The highest BCUT2D eigenvalue weighted by atomic mass is 16.5. The van der Waals surface area contributed by atoms with E-state index in [1.165, 1.54) is 12.8 Å². The van der Waals surface area contributed by atoms with Gasteiger partial charge in [-0.1, -0.05) is 13.8 Å². The number of fused-ring (bicyclic) bond motifs is 2. The lowest BCUT2D eigenvalue weighted by atomic mass is 10.1. The van der Waals surface area contributed by atoms with Gasteiger partial charge in [0.15, 0.2) is 11.5 Å². The summed E-state index contributed by atoms with van der Waals surface area (Å²) < 4.78 is 8.01. The van der Waals surface area contributed by atoms with Gasteiger partial charge in [0.05, 0.1) is 17.6 Å². The molecule has 10 nitrogen and oxygen atoms in total. The van der Waals surface area contributed by atoms with Crippen molar-refractivity contribution in [2.75, 3.05) is 19.7 Å². The van der Waals surface area contributed by atoms with Crippen LogP contribution in [0, 0.1) is 5.92 Å². The van der Waals surface area contributed by atoms with Gasteiger partial charge in [-0.2, -0.15) is 0 Å². The minimum Gasteiger partial charge on any atom is -0.494 e. The molecule has 0 saturated carbocycles. The molecule has 10 heteroatoms. The third kappa shape index (κ3) is 4.75. The minimum atomic E-state index is -0.257. The normalized spacial score (nSPS) is 17.4. The van der Waals surface area contributed by atoms with E-state index < -0.39 is 0 Å². The number of likely N-dealkylation sites (tertiary alicyclic amines) is 1. The molecule has 4 aromatic rings. The zero-order valence-electron chi connectivity index (χ0n) is 19.1. The number of nitrogens with zero attached hydrogens (tertiary/aromatic N) is 6. The molecule has 0 spiro atoms. The summed E-state index contributed by atoms with van der Waals surface area (Å²) in [7, 11) is 0. The van der Waals surface area contributed by atoms with E-state index in [4.69, 9.17) is 4.74 Å². The lowest BCUT2D eigenvalue weighted by Crippen LogP contribution is -2.40. The van der Waals surface area contributed by atoms with Crippen LogP contribution in [0.15, 0.2) is 29.1 Å². The largest absolute Gasteiger partial charge is 0.494 e. The molecule has 0 bridgehead atoms. The van der Waals surface area contributed by atoms with Crippen molar-refractivity contribution in [1.29, 1.82) is 0 Å². The van der Waals surface area contributed by atoms with Gasteiger partial charge in [0.2, 0.25) is 0 Å². The van der Waals surface area contributed by atoms with E-state index in [-0.39, 0.29) is 11.9 Å². The summed E-state index contributed by atoms with van der Waals surface area (Å²) in [6.07, 6.45) is 5.36. The smallest absolute Gasteiger partial charge is 0.325 e. The number of hydrogen-bond acceptors (Lipinski definition) is 7. The van der Waals surface area contributed by atoms with E-state index in [2.05, 4.69) is 49.2 Å². The fourth-order valence-electron chi connectivity index (χ4n) is 4.66. The molecule has 1 aliphatic rings. The number of piperidine rings is 1. The summed E-state index contributed by atoms with van der Waals surface area (Å²) in [6.45, 7) is 7.24. The van der Waals surface area contributed by atoms with Crippen LogP contribution in [-0.2, 0) is 6.42 Å². The van der Waals surface area contributed by atoms with Crippen LogP contribution in [0.1, 0.15) is 51.5 Å². The first-order valence-electron chi connectivity index (χ1n) is 11.7. The Labute approximate surface area is 191 Å². The van der Waals surface area contributed by atoms with Crippen LogP contribution < -0.4 is 10.4 Å². The van der Waals surface area contributed by atoms with Gasteiger partial charge in [0, 0.05) is 24.9 Å². The molecule has 4 heterocycles. The molecule has 1 saturated heterocycles. The van der Waals surface area contributed by atoms with Crippen molar-refractivity contribution in [2.45, 2.75) is 52.1 Å². The summed E-state index contributed by atoms with van der Waals surface area (Å²) in [5.41, 5.74) is 1.80. The number of tetrazole rings is 1. The molecule has 0 aliphatic carbocycles. The standard InChI is InChI=1S/C23H30N8O2/c1-15(2)14-30-10-4-3-7-21(30)31-20(27-28-29-31)6-5-11-33-17-8-9-18-16(12-17)13-19-22(24-18)26-23(32)25-19/h8-9,12-13,15,21H,3-7,10-11,14H2,1-2H3,(H2,24,25,26,32). The van der Waals surface area contributed by atoms with Crippen LogP contribution in [-0.4, -0.2) is 59.8 Å². The molecular formula is C23H30N8O2. The molecule has 0 radical (unpaired) electrons. The number of aromatic nitrogens is 7. The van der Waals surface area contributed by atoms with Gasteiger partial charge in [0.25, 0.3) is 0 Å². The van der Waals surface area contributed by atoms with Crippen molar-refractivity contribution in [3.63, 3.8) is 0 Å². The second-order valence-corrected chi connectivity index (χ2v) is 9.18. The second-order valence-electron chi connectivity index (χ2n) is 9.18. The lowest BCUT2D eigenvalue weighted by molar-refractivity contribution is 0.0693. The average molecular weight is 451 g/mol. The number of imidazole rings is 1. The third-order valence-corrected chi connectivity index (χ3v) is 6.10. The molecule has 1 atom stereocenters. The Balaban J connectivity index is 1.21. The molecule has 0 amide bonds. The van der Waals surface area contributed by atoms with Gasteiger partial charge in [-0.05, 0) is 66.3 Å². The molecule has 1 fully saturated rings. The van der Waals surface area contributed by atoms with E-state index >= 15 is 0 Å². The zero-order valence-corrected chi connectivity index (χ0v) is 19.1. The highest BCUT2D eigenvalue weighted by molar-refractivity contribution is 5.89. The maximum absolute atomic E-state index is 11.5. The Morgan fingerprint density at radius 3 is 3.00 bits per heavy atom. The Morgan fingerprint density at radius 2 is 2.12 bits per heavy atom. The van der Waals surface area contributed by atoms with E-state index in [0.29, 0.717) is 23.7 Å². The van der Waals surface area contributed by atoms with Crippen molar-refractivity contribution in [1.82, 2.24) is 40.1 Å². The summed E-state index contributed by atoms with van der Waals surface area (Å²) in [5.74, 6) is 2.31. The Kier molecular flexibility index (Phi) is 6.08. The van der Waals surface area contributed by atoms with Crippen molar-refractivity contribution >= 4 is 22.1 Å². The fourth-order valence-corrected chi connectivity index (χ4v) is 4.66. The first-order valence-corrected chi connectivity index (χ1v) is 11.7. The first-order chi connectivity index (χ1) is 16.1. The number of benzene rings is 1. The molecular weight excluding hydrogens is 420 g/mol. The van der Waals surface area contributed by atoms with E-state index in [1.807, 2.05) is 28.9 Å². The maximum Gasteiger partial charge on any atom is 0.325 e. The molecule has 5 rings (SSSR count). The molecule has 1 aromatic carbocycles. The van der Waals surface area contributed by atoms with Gasteiger partial charge >= 0.3 is 5.69 Å². The van der Waals surface area contributed by atoms with Crippen LogP contribution in [0.25, 0.3) is 22.1 Å². The number of H-pyrrole nitrogens is 2. The molecule has 1 aliphatic heterocycles. The second kappa shape index (κ2) is 9.30. The maximum atomic E-state index is 11.5. The van der Waals surface area contributed by atoms with E-state index in [9.17, 15) is 4.79 Å². The van der Waals surface area contributed by atoms with Crippen LogP contribution in [0.4, 0.5) is 0 Å². The summed E-state index contributed by atoms with van der Waals surface area (Å²) >= 11 is 0. The fraction of sp³-hybridized carbons (Fsp3) is 0.522. The van der Waals surface area contributed by atoms with Crippen molar-refractivity contribution < 1.29 is 4.74 Å². The first kappa shape index (κ1) is 21.6. The molecule has 1 unspecified atom stereocenters. The summed E-state index contributed by atoms with van der Waals surface area (Å²) in [6, 6.07) is 7.66. The molecule has 174 valence electrons. The highest BCUT2D eigenvalue weighted by Gasteiger charge is 2.27. The van der Waals surface area contributed by atoms with Crippen LogP contribution in [0.2, 0.25) is 0 Å². The molecule has 2 N–H and O–H groups in total. The van der Waals surface area contributed by atoms with Crippen LogP contribution in [0.5, 0.6) is 5.75 Å². The van der Waals surface area contributed by atoms with Crippen LogP contribution in [0.3, 0.4) is 0 Å². The van der Waals surface area contributed by atoms with Gasteiger partial charge in [-0.15, -0.1) is 5.10 Å². The summed E-state index contributed by atoms with van der Waals surface area (Å²) in [5, 5.41) is 13.5. The number of aromatic amines is 2. The van der Waals surface area contributed by atoms with Crippen molar-refractivity contribution in [3.8, 4) is 5.75 Å².